The first-order valence-corrected chi connectivity index (χ1v) is 8.32. The molecule has 0 saturated carbocycles. The van der Waals surface area contributed by atoms with Crippen LogP contribution in [0.3, 0.4) is 0 Å². The number of primary amides is 1. The highest BCUT2D eigenvalue weighted by molar-refractivity contribution is 9.10. The lowest BCUT2D eigenvalue weighted by atomic mass is 10.1. The minimum absolute atomic E-state index is 0.102. The Bertz CT molecular complexity index is 731. The van der Waals surface area contributed by atoms with Gasteiger partial charge in [-0.2, -0.15) is 0 Å². The zero-order chi connectivity index (χ0) is 17.7. The van der Waals surface area contributed by atoms with E-state index in [1.165, 1.54) is 0 Å². The van der Waals surface area contributed by atoms with E-state index < -0.39 is 5.91 Å². The Hall–Kier alpha value is -2.34. The molecule has 0 aliphatic carbocycles. The summed E-state index contributed by atoms with van der Waals surface area (Å²) in [6.07, 6.45) is 0. The smallest absolute Gasteiger partial charge is 0.317 e. The van der Waals surface area contributed by atoms with Gasteiger partial charge in [0.15, 0.2) is 0 Å². The van der Waals surface area contributed by atoms with E-state index in [0.717, 1.165) is 15.6 Å². The molecular weight excluding hydrogens is 370 g/mol. The first-order chi connectivity index (χ1) is 11.4. The molecule has 2 aromatic carbocycles. The number of carbonyl (C=O) groups is 2. The van der Waals surface area contributed by atoms with Crippen LogP contribution >= 0.6 is 15.9 Å². The van der Waals surface area contributed by atoms with Crippen LogP contribution in [-0.2, 0) is 6.54 Å². The van der Waals surface area contributed by atoms with E-state index in [1.807, 2.05) is 31.2 Å². The van der Waals surface area contributed by atoms with Gasteiger partial charge >= 0.3 is 6.03 Å². The molecule has 3 N–H and O–H groups in total. The zero-order valence-electron chi connectivity index (χ0n) is 13.6. The molecule has 0 aromatic heterocycles. The largest absolute Gasteiger partial charge is 0.366 e. The molecule has 0 radical (unpaired) electrons. The summed E-state index contributed by atoms with van der Waals surface area (Å²) in [6, 6.07) is 14.5. The predicted octanol–water partition coefficient (Wildman–Crippen LogP) is 3.45. The summed E-state index contributed by atoms with van der Waals surface area (Å²) < 4.78 is 0.976. The van der Waals surface area contributed by atoms with Crippen molar-refractivity contribution in [2.24, 2.45) is 5.73 Å². The van der Waals surface area contributed by atoms with Crippen molar-refractivity contribution in [3.63, 3.8) is 0 Å². The summed E-state index contributed by atoms with van der Waals surface area (Å²) in [5.74, 6) is -0.463. The molecule has 3 amide bonds. The Labute approximate surface area is 150 Å². The summed E-state index contributed by atoms with van der Waals surface area (Å²) in [7, 11) is 1.73. The Morgan fingerprint density at radius 2 is 1.88 bits per heavy atom. The SMILES string of the molecule is CC(NC(=O)N(C)Cc1ccc(C(N)=O)cc1)c1cccc(Br)c1. The third kappa shape index (κ3) is 4.83. The number of hydrogen-bond acceptors (Lipinski definition) is 2. The molecule has 0 fully saturated rings. The quantitative estimate of drug-likeness (QED) is 0.821. The molecule has 6 heteroatoms. The van der Waals surface area contributed by atoms with Gasteiger partial charge in [-0.05, 0) is 42.3 Å². The summed E-state index contributed by atoms with van der Waals surface area (Å²) in [4.78, 5) is 25.0. The summed E-state index contributed by atoms with van der Waals surface area (Å²) in [6.45, 7) is 2.38. The number of halogens is 1. The van der Waals surface area contributed by atoms with E-state index >= 15 is 0 Å². The van der Waals surface area contributed by atoms with E-state index in [1.54, 1.807) is 36.2 Å². The number of nitrogens with one attached hydrogen (secondary N) is 1. The molecule has 24 heavy (non-hydrogen) atoms. The lowest BCUT2D eigenvalue weighted by molar-refractivity contribution is 0.1000. The summed E-state index contributed by atoms with van der Waals surface area (Å²) in [5.41, 5.74) is 7.62. The topological polar surface area (TPSA) is 75.4 Å². The van der Waals surface area contributed by atoms with Gasteiger partial charge < -0.3 is 16.0 Å². The number of benzene rings is 2. The fourth-order valence-electron chi connectivity index (χ4n) is 2.27. The molecular formula is C18H20BrN3O2. The fourth-order valence-corrected chi connectivity index (χ4v) is 2.69. The first kappa shape index (κ1) is 18.0. The monoisotopic (exact) mass is 389 g/mol. The summed E-state index contributed by atoms with van der Waals surface area (Å²) >= 11 is 3.43. The number of nitrogens with zero attached hydrogens (tertiary/aromatic N) is 1. The van der Waals surface area contributed by atoms with Gasteiger partial charge in [0.05, 0.1) is 6.04 Å². The molecule has 5 nitrogen and oxygen atoms in total. The van der Waals surface area contributed by atoms with E-state index in [9.17, 15) is 9.59 Å². The Morgan fingerprint density at radius 1 is 1.21 bits per heavy atom. The number of carbonyl (C=O) groups excluding carboxylic acids is 2. The molecule has 0 aliphatic heterocycles. The second-order valence-corrected chi connectivity index (χ2v) is 6.56. The third-order valence-electron chi connectivity index (χ3n) is 3.69. The van der Waals surface area contributed by atoms with Gasteiger partial charge in [0.1, 0.15) is 0 Å². The van der Waals surface area contributed by atoms with Crippen LogP contribution < -0.4 is 11.1 Å². The van der Waals surface area contributed by atoms with Gasteiger partial charge in [0.25, 0.3) is 0 Å². The van der Waals surface area contributed by atoms with Crippen molar-refractivity contribution in [1.29, 1.82) is 0 Å². The molecule has 0 aliphatic rings. The lowest BCUT2D eigenvalue weighted by Crippen LogP contribution is -2.38. The highest BCUT2D eigenvalue weighted by Crippen LogP contribution is 2.18. The van der Waals surface area contributed by atoms with Gasteiger partial charge in [-0.25, -0.2) is 4.79 Å². The van der Waals surface area contributed by atoms with Crippen molar-refractivity contribution in [1.82, 2.24) is 10.2 Å². The van der Waals surface area contributed by atoms with Crippen LogP contribution in [0.15, 0.2) is 53.0 Å². The van der Waals surface area contributed by atoms with Crippen LogP contribution in [0.4, 0.5) is 4.79 Å². The van der Waals surface area contributed by atoms with Crippen molar-refractivity contribution < 1.29 is 9.59 Å². The number of nitrogens with two attached hydrogens (primary N) is 1. The number of rotatable bonds is 5. The maximum Gasteiger partial charge on any atom is 0.317 e. The second kappa shape index (κ2) is 7.97. The standard InChI is InChI=1S/C18H20BrN3O2/c1-12(15-4-3-5-16(19)10-15)21-18(24)22(2)11-13-6-8-14(9-7-13)17(20)23/h3-10,12H,11H2,1-2H3,(H2,20,23)(H,21,24). The first-order valence-electron chi connectivity index (χ1n) is 7.52. The van der Waals surface area contributed by atoms with Gasteiger partial charge in [-0.15, -0.1) is 0 Å². The zero-order valence-corrected chi connectivity index (χ0v) is 15.2. The lowest BCUT2D eigenvalue weighted by Gasteiger charge is -2.22. The molecule has 2 aromatic rings. The van der Waals surface area contributed by atoms with Crippen LogP contribution in [-0.4, -0.2) is 23.9 Å². The predicted molar refractivity (Wildman–Crippen MR) is 97.5 cm³/mol. The van der Waals surface area contributed by atoms with Crippen LogP contribution in [0.1, 0.15) is 34.5 Å². The number of hydrogen-bond donors (Lipinski definition) is 2. The van der Waals surface area contributed by atoms with E-state index in [2.05, 4.69) is 21.2 Å². The second-order valence-electron chi connectivity index (χ2n) is 5.64. The minimum Gasteiger partial charge on any atom is -0.366 e. The molecule has 0 spiro atoms. The Kier molecular flexibility index (Phi) is 5.98. The van der Waals surface area contributed by atoms with Crippen molar-refractivity contribution in [2.45, 2.75) is 19.5 Å². The van der Waals surface area contributed by atoms with Crippen LogP contribution in [0.2, 0.25) is 0 Å². The minimum atomic E-state index is -0.463. The number of urea groups is 1. The Balaban J connectivity index is 1.95. The molecule has 0 saturated heterocycles. The van der Waals surface area contributed by atoms with E-state index in [-0.39, 0.29) is 12.1 Å². The maximum absolute atomic E-state index is 12.3. The van der Waals surface area contributed by atoms with Crippen LogP contribution in [0, 0.1) is 0 Å². The third-order valence-corrected chi connectivity index (χ3v) is 4.19. The van der Waals surface area contributed by atoms with Gasteiger partial charge in [-0.3, -0.25) is 4.79 Å². The van der Waals surface area contributed by atoms with E-state index in [4.69, 9.17) is 5.73 Å². The van der Waals surface area contributed by atoms with Crippen LogP contribution in [0.25, 0.3) is 0 Å². The molecule has 0 heterocycles. The molecule has 1 atom stereocenters. The molecule has 2 rings (SSSR count). The van der Waals surface area contributed by atoms with Crippen molar-refractivity contribution in [3.05, 3.63) is 69.7 Å². The van der Waals surface area contributed by atoms with Crippen molar-refractivity contribution in [2.75, 3.05) is 7.05 Å². The molecule has 1 unspecified atom stereocenters. The van der Waals surface area contributed by atoms with Crippen LogP contribution in [0.5, 0.6) is 0 Å². The Morgan fingerprint density at radius 3 is 2.46 bits per heavy atom. The maximum atomic E-state index is 12.3. The van der Waals surface area contributed by atoms with Crippen molar-refractivity contribution >= 4 is 27.9 Å². The fraction of sp³-hybridized carbons (Fsp3) is 0.222. The van der Waals surface area contributed by atoms with E-state index in [0.29, 0.717) is 12.1 Å². The average molecular weight is 390 g/mol. The van der Waals surface area contributed by atoms with Gasteiger partial charge in [-0.1, -0.05) is 40.2 Å². The molecule has 0 bridgehead atoms. The highest BCUT2D eigenvalue weighted by atomic mass is 79.9. The molecule has 126 valence electrons. The van der Waals surface area contributed by atoms with Gasteiger partial charge in [0, 0.05) is 23.6 Å². The number of amides is 3. The average Bonchev–Trinajstić information content (AvgIpc) is 2.55. The normalized spacial score (nSPS) is 11.6. The van der Waals surface area contributed by atoms with Crippen molar-refractivity contribution in [3.8, 4) is 0 Å². The highest BCUT2D eigenvalue weighted by Gasteiger charge is 2.14. The van der Waals surface area contributed by atoms with Gasteiger partial charge in [0.2, 0.25) is 5.91 Å². The summed E-state index contributed by atoms with van der Waals surface area (Å²) in [5, 5.41) is 2.97.